The first-order valence-corrected chi connectivity index (χ1v) is 6.17. The van der Waals surface area contributed by atoms with Crippen LogP contribution in [-0.4, -0.2) is 20.5 Å². The van der Waals surface area contributed by atoms with Gasteiger partial charge in [-0.15, -0.1) is 0 Å². The molecule has 1 aromatic carbocycles. The van der Waals surface area contributed by atoms with Gasteiger partial charge in [0.2, 0.25) is 0 Å². The van der Waals surface area contributed by atoms with Crippen LogP contribution in [0, 0.1) is 30.9 Å². The Kier molecular flexibility index (Phi) is 3.65. The average molecular weight is 273 g/mol. The number of nitro groups is 1. The molecule has 0 amide bonds. The van der Waals surface area contributed by atoms with Crippen molar-refractivity contribution in [2.24, 2.45) is 0 Å². The van der Waals surface area contributed by atoms with Crippen LogP contribution in [0.3, 0.4) is 0 Å². The Morgan fingerprint density at radius 2 is 1.95 bits per heavy atom. The molecule has 0 saturated heterocycles. The molecule has 0 spiro atoms. The summed E-state index contributed by atoms with van der Waals surface area (Å²) in [7, 11) is 0. The minimum Gasteiger partial charge on any atom is -0.358 e. The summed E-state index contributed by atoms with van der Waals surface area (Å²) in [5, 5.41) is 14.5. The lowest BCUT2D eigenvalue weighted by Gasteiger charge is -2.03. The van der Waals surface area contributed by atoms with Gasteiger partial charge >= 0.3 is 5.82 Å². The highest BCUT2D eigenvalue weighted by molar-refractivity contribution is 5.96. The van der Waals surface area contributed by atoms with Crippen LogP contribution in [0.2, 0.25) is 0 Å². The molecule has 104 valence electrons. The van der Waals surface area contributed by atoms with E-state index in [9.17, 15) is 14.9 Å². The van der Waals surface area contributed by atoms with Crippen molar-refractivity contribution < 1.29 is 9.72 Å². The van der Waals surface area contributed by atoms with Crippen molar-refractivity contribution in [1.29, 1.82) is 0 Å². The van der Waals surface area contributed by atoms with Crippen LogP contribution < -0.4 is 0 Å². The number of hydrogen-bond donors (Lipinski definition) is 0. The van der Waals surface area contributed by atoms with Crippen LogP contribution in [-0.2, 0) is 6.54 Å². The number of nitrogens with zero attached hydrogens (tertiary/aromatic N) is 3. The Morgan fingerprint density at radius 3 is 2.50 bits per heavy atom. The third kappa shape index (κ3) is 2.74. The standard InChI is InChI=1S/C14H15N3O3/c1-9-4-5-12(6-10(9)2)13(18)8-16-7-11(3)14(15-16)17(19)20/h4-7H,8H2,1-3H3. The lowest BCUT2D eigenvalue weighted by molar-refractivity contribution is -0.390. The normalized spacial score (nSPS) is 10.6. The molecule has 0 N–H and O–H groups in total. The molecule has 0 saturated carbocycles. The zero-order valence-electron chi connectivity index (χ0n) is 11.6. The van der Waals surface area contributed by atoms with E-state index >= 15 is 0 Å². The molecule has 1 heterocycles. The quantitative estimate of drug-likeness (QED) is 0.487. The highest BCUT2D eigenvalue weighted by Crippen LogP contribution is 2.15. The van der Waals surface area contributed by atoms with Crippen molar-refractivity contribution >= 4 is 11.6 Å². The second-order valence-electron chi connectivity index (χ2n) is 4.81. The molecule has 0 aliphatic rings. The Hall–Kier alpha value is -2.50. The molecule has 6 heteroatoms. The van der Waals surface area contributed by atoms with E-state index in [1.807, 2.05) is 26.0 Å². The van der Waals surface area contributed by atoms with Crippen molar-refractivity contribution in [3.05, 3.63) is 56.8 Å². The second kappa shape index (κ2) is 5.24. The minimum absolute atomic E-state index is 0.00280. The van der Waals surface area contributed by atoms with Crippen molar-refractivity contribution in [1.82, 2.24) is 9.78 Å². The topological polar surface area (TPSA) is 78.0 Å². The lowest BCUT2D eigenvalue weighted by atomic mass is 10.0. The fraction of sp³-hybridized carbons (Fsp3) is 0.286. The minimum atomic E-state index is -0.549. The van der Waals surface area contributed by atoms with Gasteiger partial charge in [0.1, 0.15) is 6.54 Å². The molecule has 1 aromatic heterocycles. The summed E-state index contributed by atoms with van der Waals surface area (Å²) in [4.78, 5) is 22.3. The van der Waals surface area contributed by atoms with E-state index < -0.39 is 4.92 Å². The Balaban J connectivity index is 2.21. The Bertz CT molecular complexity index is 689. The fourth-order valence-electron chi connectivity index (χ4n) is 1.93. The molecule has 20 heavy (non-hydrogen) atoms. The summed E-state index contributed by atoms with van der Waals surface area (Å²) in [5.41, 5.74) is 3.19. The molecule has 0 fully saturated rings. The van der Waals surface area contributed by atoms with Gasteiger partial charge < -0.3 is 10.1 Å². The first-order chi connectivity index (χ1) is 9.38. The predicted octanol–water partition coefficient (Wildman–Crippen LogP) is 2.60. The van der Waals surface area contributed by atoms with Crippen LogP contribution in [0.4, 0.5) is 5.82 Å². The summed E-state index contributed by atoms with van der Waals surface area (Å²) >= 11 is 0. The highest BCUT2D eigenvalue weighted by Gasteiger charge is 2.19. The smallest absolute Gasteiger partial charge is 0.358 e. The van der Waals surface area contributed by atoms with Crippen LogP contribution in [0.15, 0.2) is 24.4 Å². The van der Waals surface area contributed by atoms with Gasteiger partial charge in [0, 0.05) is 5.56 Å². The summed E-state index contributed by atoms with van der Waals surface area (Å²) in [6.07, 6.45) is 1.51. The van der Waals surface area contributed by atoms with Gasteiger partial charge in [-0.2, -0.15) is 4.68 Å². The molecule has 6 nitrogen and oxygen atoms in total. The Morgan fingerprint density at radius 1 is 1.25 bits per heavy atom. The maximum Gasteiger partial charge on any atom is 0.392 e. The molecular formula is C14H15N3O3. The third-order valence-corrected chi connectivity index (χ3v) is 3.23. The maximum absolute atomic E-state index is 12.1. The largest absolute Gasteiger partial charge is 0.392 e. The number of benzene rings is 1. The molecule has 0 aliphatic carbocycles. The zero-order valence-corrected chi connectivity index (χ0v) is 11.6. The summed E-state index contributed by atoms with van der Waals surface area (Å²) < 4.78 is 1.31. The van der Waals surface area contributed by atoms with Gasteiger partial charge in [-0.1, -0.05) is 12.1 Å². The van der Waals surface area contributed by atoms with E-state index in [-0.39, 0.29) is 18.1 Å². The second-order valence-corrected chi connectivity index (χ2v) is 4.81. The van der Waals surface area contributed by atoms with Gasteiger partial charge in [0.05, 0.1) is 16.9 Å². The van der Waals surface area contributed by atoms with Gasteiger partial charge in [-0.3, -0.25) is 4.79 Å². The monoisotopic (exact) mass is 273 g/mol. The van der Waals surface area contributed by atoms with Crippen molar-refractivity contribution in [3.8, 4) is 0 Å². The molecule has 2 rings (SSSR count). The van der Waals surface area contributed by atoms with E-state index in [1.165, 1.54) is 10.9 Å². The van der Waals surface area contributed by atoms with Crippen LogP contribution in [0.5, 0.6) is 0 Å². The van der Waals surface area contributed by atoms with E-state index in [2.05, 4.69) is 5.10 Å². The molecule has 0 aliphatic heterocycles. The first-order valence-electron chi connectivity index (χ1n) is 6.17. The van der Waals surface area contributed by atoms with Gasteiger partial charge in [0.25, 0.3) is 0 Å². The lowest BCUT2D eigenvalue weighted by Crippen LogP contribution is -2.11. The fourth-order valence-corrected chi connectivity index (χ4v) is 1.93. The number of aryl methyl sites for hydroxylation is 3. The van der Waals surface area contributed by atoms with E-state index in [0.29, 0.717) is 11.1 Å². The van der Waals surface area contributed by atoms with E-state index in [0.717, 1.165) is 11.1 Å². The maximum atomic E-state index is 12.1. The Labute approximate surface area is 116 Å². The number of carbonyl (C=O) groups is 1. The molecule has 0 bridgehead atoms. The zero-order chi connectivity index (χ0) is 14.9. The van der Waals surface area contributed by atoms with E-state index in [4.69, 9.17) is 0 Å². The average Bonchev–Trinajstić information content (AvgIpc) is 2.73. The summed E-state index contributed by atoms with van der Waals surface area (Å²) in [6, 6.07) is 5.47. The molecule has 0 radical (unpaired) electrons. The van der Waals surface area contributed by atoms with Crippen molar-refractivity contribution in [2.75, 3.05) is 0 Å². The number of ketones is 1. The summed E-state index contributed by atoms with van der Waals surface area (Å²) in [5.74, 6) is -0.330. The SMILES string of the molecule is Cc1ccc(C(=O)Cn2cc(C)c([N+](=O)[O-])n2)cc1C. The number of Topliss-reactive ketones (excluding diaryl/α,β-unsaturated/α-hetero) is 1. The van der Waals surface area contributed by atoms with Gasteiger partial charge in [-0.05, 0) is 42.9 Å². The van der Waals surface area contributed by atoms with Crippen molar-refractivity contribution in [2.45, 2.75) is 27.3 Å². The predicted molar refractivity (Wildman–Crippen MR) is 73.9 cm³/mol. The van der Waals surface area contributed by atoms with Gasteiger partial charge in [0.15, 0.2) is 5.78 Å². The molecule has 0 atom stereocenters. The van der Waals surface area contributed by atoms with Crippen LogP contribution >= 0.6 is 0 Å². The van der Waals surface area contributed by atoms with Crippen LogP contribution in [0.1, 0.15) is 27.0 Å². The highest BCUT2D eigenvalue weighted by atomic mass is 16.6. The molecule has 0 unspecified atom stereocenters. The molecular weight excluding hydrogens is 258 g/mol. The summed E-state index contributed by atoms with van der Waals surface area (Å²) in [6.45, 7) is 5.51. The number of aromatic nitrogens is 2. The van der Waals surface area contributed by atoms with Crippen molar-refractivity contribution in [3.63, 3.8) is 0 Å². The third-order valence-electron chi connectivity index (χ3n) is 3.23. The number of rotatable bonds is 4. The number of hydrogen-bond acceptors (Lipinski definition) is 4. The first kappa shape index (κ1) is 13.9. The number of carbonyl (C=O) groups excluding carboxylic acids is 1. The van der Waals surface area contributed by atoms with Gasteiger partial charge in [-0.25, -0.2) is 0 Å². The van der Waals surface area contributed by atoms with Crippen LogP contribution in [0.25, 0.3) is 0 Å². The molecule has 2 aromatic rings. The van der Waals surface area contributed by atoms with E-state index in [1.54, 1.807) is 13.0 Å².